The van der Waals surface area contributed by atoms with E-state index in [0.29, 0.717) is 16.2 Å². The fourth-order valence-corrected chi connectivity index (χ4v) is 3.15. The Morgan fingerprint density at radius 1 is 0.741 bits per heavy atom. The molecule has 0 bridgehead atoms. The summed E-state index contributed by atoms with van der Waals surface area (Å²) in [5, 5.41) is 13.9. The standard InChI is InChI=1S/C10H7Cl2N.C10H8ClNO.ClH/c11-6-7-1-2-8-3-4-13-10(12)9(8)5-7;11-10-9-5-7(6-13)1-2-8(9)3-4-12-10;/h1-5H,6H2;1-5,13H,6H2;1H. The quantitative estimate of drug-likeness (QED) is 0.288. The molecule has 0 atom stereocenters. The lowest BCUT2D eigenvalue weighted by Crippen LogP contribution is -1.84. The molecule has 0 radical (unpaired) electrons. The summed E-state index contributed by atoms with van der Waals surface area (Å²) in [6.07, 6.45) is 3.37. The molecule has 7 heteroatoms. The van der Waals surface area contributed by atoms with E-state index >= 15 is 0 Å². The third-order valence-corrected chi connectivity index (χ3v) is 4.81. The van der Waals surface area contributed by atoms with E-state index in [9.17, 15) is 0 Å². The number of nitrogens with zero attached hydrogens (tertiary/aromatic N) is 2. The second-order valence-corrected chi connectivity index (χ2v) is 6.59. The zero-order valence-electron chi connectivity index (χ0n) is 14.1. The SMILES string of the molecule is Cl.ClCc1ccc2ccnc(Cl)c2c1.OCc1ccc2ccnc(Cl)c2c1. The first-order valence-electron chi connectivity index (χ1n) is 7.85. The minimum Gasteiger partial charge on any atom is -0.392 e. The van der Waals surface area contributed by atoms with Crippen LogP contribution in [0.2, 0.25) is 10.3 Å². The molecule has 27 heavy (non-hydrogen) atoms. The van der Waals surface area contributed by atoms with Gasteiger partial charge in [0.1, 0.15) is 10.3 Å². The normalized spacial score (nSPS) is 10.2. The van der Waals surface area contributed by atoms with Crippen LogP contribution in [0.25, 0.3) is 21.5 Å². The van der Waals surface area contributed by atoms with Crippen LogP contribution < -0.4 is 0 Å². The van der Waals surface area contributed by atoms with E-state index in [1.807, 2.05) is 48.5 Å². The van der Waals surface area contributed by atoms with E-state index in [0.717, 1.165) is 32.7 Å². The third kappa shape index (κ3) is 5.22. The van der Waals surface area contributed by atoms with E-state index < -0.39 is 0 Å². The number of aliphatic hydroxyl groups excluding tert-OH is 1. The average Bonchev–Trinajstić information content (AvgIpc) is 2.69. The molecule has 0 fully saturated rings. The van der Waals surface area contributed by atoms with Crippen LogP contribution in [0, 0.1) is 0 Å². The molecule has 140 valence electrons. The first-order valence-corrected chi connectivity index (χ1v) is 9.14. The van der Waals surface area contributed by atoms with E-state index in [1.54, 1.807) is 12.4 Å². The van der Waals surface area contributed by atoms with Crippen molar-refractivity contribution in [2.24, 2.45) is 0 Å². The Bertz CT molecular complexity index is 971. The summed E-state index contributed by atoms with van der Waals surface area (Å²) < 4.78 is 0. The topological polar surface area (TPSA) is 46.0 Å². The van der Waals surface area contributed by atoms with Crippen molar-refractivity contribution < 1.29 is 5.11 Å². The molecule has 0 aliphatic carbocycles. The number of alkyl halides is 1. The molecular weight excluding hydrogens is 426 g/mol. The van der Waals surface area contributed by atoms with Crippen molar-refractivity contribution in [3.8, 4) is 0 Å². The Morgan fingerprint density at radius 2 is 1.22 bits per heavy atom. The molecule has 2 aromatic carbocycles. The molecule has 4 aromatic rings. The van der Waals surface area contributed by atoms with Gasteiger partial charge in [-0.15, -0.1) is 24.0 Å². The van der Waals surface area contributed by atoms with Crippen molar-refractivity contribution in [2.75, 3.05) is 0 Å². The lowest BCUT2D eigenvalue weighted by molar-refractivity contribution is 0.282. The molecule has 0 aliphatic rings. The number of aromatic nitrogens is 2. The van der Waals surface area contributed by atoms with Gasteiger partial charge >= 0.3 is 0 Å². The highest BCUT2D eigenvalue weighted by atomic mass is 35.5. The van der Waals surface area contributed by atoms with Gasteiger partial charge in [-0.05, 0) is 46.2 Å². The van der Waals surface area contributed by atoms with Gasteiger partial charge in [0, 0.05) is 29.0 Å². The zero-order valence-corrected chi connectivity index (χ0v) is 17.2. The molecule has 3 nitrogen and oxygen atoms in total. The molecule has 2 heterocycles. The largest absolute Gasteiger partial charge is 0.392 e. The maximum Gasteiger partial charge on any atom is 0.136 e. The summed E-state index contributed by atoms with van der Waals surface area (Å²) in [5.74, 6) is 0.501. The van der Waals surface area contributed by atoms with Gasteiger partial charge in [0.05, 0.1) is 6.61 Å². The van der Waals surface area contributed by atoms with Gasteiger partial charge in [0.25, 0.3) is 0 Å². The fourth-order valence-electron chi connectivity index (χ4n) is 2.54. The van der Waals surface area contributed by atoms with E-state index in [1.165, 1.54) is 0 Å². The summed E-state index contributed by atoms with van der Waals surface area (Å²) in [7, 11) is 0. The molecule has 0 spiro atoms. The fraction of sp³-hybridized carbons (Fsp3) is 0.100. The number of halogens is 4. The molecule has 0 saturated heterocycles. The van der Waals surface area contributed by atoms with Crippen molar-refractivity contribution in [3.63, 3.8) is 0 Å². The molecule has 0 amide bonds. The summed E-state index contributed by atoms with van der Waals surface area (Å²) in [6.45, 7) is 0.0289. The molecule has 2 aromatic heterocycles. The number of fused-ring (bicyclic) bond motifs is 2. The minimum absolute atomic E-state index is 0. The van der Waals surface area contributed by atoms with E-state index in [2.05, 4.69) is 9.97 Å². The van der Waals surface area contributed by atoms with Crippen molar-refractivity contribution in [1.29, 1.82) is 0 Å². The minimum atomic E-state index is 0. The van der Waals surface area contributed by atoms with E-state index in [-0.39, 0.29) is 19.0 Å². The van der Waals surface area contributed by atoms with Gasteiger partial charge < -0.3 is 5.11 Å². The van der Waals surface area contributed by atoms with Crippen molar-refractivity contribution >= 4 is 68.8 Å². The molecular formula is C20H16Cl4N2O. The monoisotopic (exact) mass is 440 g/mol. The predicted octanol–water partition coefficient (Wildman–Crippen LogP) is 6.43. The van der Waals surface area contributed by atoms with Crippen molar-refractivity contribution in [1.82, 2.24) is 9.97 Å². The summed E-state index contributed by atoms with van der Waals surface area (Å²) >= 11 is 17.5. The Labute approximate surface area is 178 Å². The number of aliphatic hydroxyl groups is 1. The molecule has 0 unspecified atom stereocenters. The molecule has 0 aliphatic heterocycles. The molecule has 4 rings (SSSR count). The summed E-state index contributed by atoms with van der Waals surface area (Å²) in [6, 6.07) is 15.4. The van der Waals surface area contributed by atoms with Crippen LogP contribution in [-0.2, 0) is 12.5 Å². The van der Waals surface area contributed by atoms with Gasteiger partial charge in [-0.25, -0.2) is 9.97 Å². The second-order valence-electron chi connectivity index (χ2n) is 5.61. The Balaban J connectivity index is 0.000000187. The average molecular weight is 442 g/mol. The van der Waals surface area contributed by atoms with E-state index in [4.69, 9.17) is 39.9 Å². The van der Waals surface area contributed by atoms with Crippen LogP contribution in [0.15, 0.2) is 60.9 Å². The van der Waals surface area contributed by atoms with Gasteiger partial charge in [0.15, 0.2) is 0 Å². The van der Waals surface area contributed by atoms with Crippen LogP contribution in [-0.4, -0.2) is 15.1 Å². The van der Waals surface area contributed by atoms with Gasteiger partial charge in [-0.2, -0.15) is 0 Å². The van der Waals surface area contributed by atoms with Crippen LogP contribution >= 0.6 is 47.2 Å². The predicted molar refractivity (Wildman–Crippen MR) is 116 cm³/mol. The Kier molecular flexibility index (Phi) is 8.08. The second kappa shape index (κ2) is 10.1. The van der Waals surface area contributed by atoms with Gasteiger partial charge in [-0.3, -0.25) is 0 Å². The maximum atomic E-state index is 8.92. The highest BCUT2D eigenvalue weighted by Gasteiger charge is 2.01. The number of benzene rings is 2. The summed E-state index contributed by atoms with van der Waals surface area (Å²) in [5.41, 5.74) is 1.91. The third-order valence-electron chi connectivity index (χ3n) is 3.90. The lowest BCUT2D eigenvalue weighted by Gasteiger charge is -2.01. The van der Waals surface area contributed by atoms with Gasteiger partial charge in [0.2, 0.25) is 0 Å². The first-order chi connectivity index (χ1) is 12.6. The summed E-state index contributed by atoms with van der Waals surface area (Å²) in [4.78, 5) is 7.97. The molecule has 1 N–H and O–H groups in total. The highest BCUT2D eigenvalue weighted by Crippen LogP contribution is 2.23. The van der Waals surface area contributed by atoms with Crippen molar-refractivity contribution in [3.05, 3.63) is 82.4 Å². The van der Waals surface area contributed by atoms with Crippen LogP contribution in [0.3, 0.4) is 0 Å². The van der Waals surface area contributed by atoms with Crippen LogP contribution in [0.1, 0.15) is 11.1 Å². The van der Waals surface area contributed by atoms with Crippen LogP contribution in [0.5, 0.6) is 0 Å². The number of pyridine rings is 2. The number of hydrogen-bond donors (Lipinski definition) is 1. The van der Waals surface area contributed by atoms with Crippen molar-refractivity contribution in [2.45, 2.75) is 12.5 Å². The number of rotatable bonds is 2. The molecule has 0 saturated carbocycles. The van der Waals surface area contributed by atoms with Gasteiger partial charge in [-0.1, -0.05) is 47.5 Å². The highest BCUT2D eigenvalue weighted by molar-refractivity contribution is 6.34. The maximum absolute atomic E-state index is 8.92. The number of hydrogen-bond acceptors (Lipinski definition) is 3. The Hall–Kier alpha value is -1.62. The lowest BCUT2D eigenvalue weighted by atomic mass is 10.1. The Morgan fingerprint density at radius 3 is 1.70 bits per heavy atom. The first kappa shape index (κ1) is 21.7. The van der Waals surface area contributed by atoms with Crippen LogP contribution in [0.4, 0.5) is 0 Å². The smallest absolute Gasteiger partial charge is 0.136 e. The zero-order chi connectivity index (χ0) is 18.5.